The molecule has 0 saturated carbocycles. The van der Waals surface area contributed by atoms with Crippen molar-refractivity contribution < 1.29 is 9.90 Å². The number of hydrogen-bond donors (Lipinski definition) is 3. The van der Waals surface area contributed by atoms with E-state index in [1.807, 2.05) is 6.92 Å². The number of hydrogen-bond acceptors (Lipinski definition) is 3. The van der Waals surface area contributed by atoms with Crippen LogP contribution in [-0.4, -0.2) is 30.1 Å². The Balaban J connectivity index is 1.94. The molecule has 1 aromatic carbocycles. The molecule has 2 rings (SSSR count). The minimum Gasteiger partial charge on any atom is -0.508 e. The van der Waals surface area contributed by atoms with Crippen molar-refractivity contribution >= 4 is 5.91 Å². The van der Waals surface area contributed by atoms with E-state index >= 15 is 0 Å². The lowest BCUT2D eigenvalue weighted by molar-refractivity contribution is 0.0921. The highest BCUT2D eigenvalue weighted by atomic mass is 16.3. The quantitative estimate of drug-likeness (QED) is 0.760. The van der Waals surface area contributed by atoms with Crippen LogP contribution < -0.4 is 10.6 Å². The van der Waals surface area contributed by atoms with Crippen molar-refractivity contribution in [2.24, 2.45) is 5.92 Å². The largest absolute Gasteiger partial charge is 0.508 e. The van der Waals surface area contributed by atoms with E-state index in [1.54, 1.807) is 18.2 Å². The maximum absolute atomic E-state index is 12.0. The second-order valence-electron chi connectivity index (χ2n) is 4.92. The van der Waals surface area contributed by atoms with Crippen LogP contribution in [0.5, 0.6) is 5.75 Å². The summed E-state index contributed by atoms with van der Waals surface area (Å²) in [6, 6.07) is 6.58. The van der Waals surface area contributed by atoms with Crippen molar-refractivity contribution in [1.82, 2.24) is 10.6 Å². The number of amides is 1. The normalized spacial score (nSPS) is 21.3. The zero-order valence-electron chi connectivity index (χ0n) is 10.6. The molecule has 0 aliphatic carbocycles. The Morgan fingerprint density at radius 3 is 3.06 bits per heavy atom. The molecule has 4 nitrogen and oxygen atoms in total. The summed E-state index contributed by atoms with van der Waals surface area (Å²) in [5.74, 6) is 0.485. The zero-order chi connectivity index (χ0) is 13.0. The third kappa shape index (κ3) is 3.23. The fourth-order valence-corrected chi connectivity index (χ4v) is 2.36. The molecule has 2 atom stereocenters. The highest BCUT2D eigenvalue weighted by molar-refractivity contribution is 5.94. The molecule has 3 N–H and O–H groups in total. The molecule has 1 aliphatic heterocycles. The number of rotatable bonds is 3. The van der Waals surface area contributed by atoms with Gasteiger partial charge in [-0.2, -0.15) is 0 Å². The number of phenolic OH excluding ortho intramolecular Hbond substituents is 1. The Bertz CT molecular complexity index is 414. The van der Waals surface area contributed by atoms with Crippen molar-refractivity contribution in [3.63, 3.8) is 0 Å². The Hall–Kier alpha value is -1.55. The number of benzene rings is 1. The van der Waals surface area contributed by atoms with Gasteiger partial charge in [0.25, 0.3) is 5.91 Å². The smallest absolute Gasteiger partial charge is 0.251 e. The van der Waals surface area contributed by atoms with Crippen LogP contribution in [0.2, 0.25) is 0 Å². The average Bonchev–Trinajstić information content (AvgIpc) is 2.39. The molecule has 1 amide bonds. The number of piperidine rings is 1. The highest BCUT2D eigenvalue weighted by Crippen LogP contribution is 2.15. The first-order valence-corrected chi connectivity index (χ1v) is 6.47. The van der Waals surface area contributed by atoms with Crippen LogP contribution >= 0.6 is 0 Å². The van der Waals surface area contributed by atoms with Crippen molar-refractivity contribution in [3.05, 3.63) is 29.8 Å². The molecule has 0 bridgehead atoms. The van der Waals surface area contributed by atoms with Gasteiger partial charge in [-0.3, -0.25) is 4.79 Å². The second-order valence-corrected chi connectivity index (χ2v) is 4.92. The second kappa shape index (κ2) is 5.87. The Morgan fingerprint density at radius 2 is 2.39 bits per heavy atom. The summed E-state index contributed by atoms with van der Waals surface area (Å²) in [6.07, 6.45) is 2.31. The predicted octanol–water partition coefficient (Wildman–Crippen LogP) is 1.51. The van der Waals surface area contributed by atoms with Gasteiger partial charge in [0.1, 0.15) is 5.75 Å². The molecule has 0 radical (unpaired) electrons. The summed E-state index contributed by atoms with van der Waals surface area (Å²) in [4.78, 5) is 12.0. The minimum atomic E-state index is -0.121. The van der Waals surface area contributed by atoms with E-state index in [2.05, 4.69) is 10.6 Å². The number of phenols is 1. The number of carbonyl (C=O) groups is 1. The predicted molar refractivity (Wildman–Crippen MR) is 70.6 cm³/mol. The van der Waals surface area contributed by atoms with Crippen LogP contribution in [0.15, 0.2) is 24.3 Å². The monoisotopic (exact) mass is 248 g/mol. The molecule has 98 valence electrons. The molecule has 18 heavy (non-hydrogen) atoms. The number of aromatic hydroxyl groups is 1. The lowest BCUT2D eigenvalue weighted by atomic mass is 9.92. The van der Waals surface area contributed by atoms with Crippen molar-refractivity contribution in [3.8, 4) is 5.75 Å². The molecule has 1 fully saturated rings. The molecule has 1 saturated heterocycles. The van der Waals surface area contributed by atoms with Crippen molar-refractivity contribution in [1.29, 1.82) is 0 Å². The number of nitrogens with one attached hydrogen (secondary N) is 2. The zero-order valence-corrected chi connectivity index (χ0v) is 10.6. The molecule has 1 heterocycles. The lowest BCUT2D eigenvalue weighted by Gasteiger charge is -2.28. The van der Waals surface area contributed by atoms with Crippen LogP contribution in [0, 0.1) is 5.92 Å². The molecule has 0 aromatic heterocycles. The van der Waals surface area contributed by atoms with Crippen LogP contribution in [0.1, 0.15) is 30.1 Å². The van der Waals surface area contributed by atoms with Gasteiger partial charge in [0.15, 0.2) is 0 Å². The van der Waals surface area contributed by atoms with E-state index in [0.717, 1.165) is 25.9 Å². The summed E-state index contributed by atoms with van der Waals surface area (Å²) in [5.41, 5.74) is 0.505. The average molecular weight is 248 g/mol. The van der Waals surface area contributed by atoms with Gasteiger partial charge >= 0.3 is 0 Å². The summed E-state index contributed by atoms with van der Waals surface area (Å²) >= 11 is 0. The first-order chi connectivity index (χ1) is 8.66. The summed E-state index contributed by atoms with van der Waals surface area (Å²) < 4.78 is 0. The van der Waals surface area contributed by atoms with Crippen LogP contribution in [-0.2, 0) is 0 Å². The maximum Gasteiger partial charge on any atom is 0.251 e. The minimum absolute atomic E-state index is 0.120. The molecule has 1 aromatic rings. The summed E-state index contributed by atoms with van der Waals surface area (Å²) in [6.45, 7) is 4.07. The topological polar surface area (TPSA) is 61.4 Å². The van der Waals surface area contributed by atoms with E-state index < -0.39 is 0 Å². The summed E-state index contributed by atoms with van der Waals surface area (Å²) in [7, 11) is 0. The van der Waals surface area contributed by atoms with Gasteiger partial charge in [-0.25, -0.2) is 0 Å². The number of carbonyl (C=O) groups excluding carboxylic acids is 1. The Kier molecular flexibility index (Phi) is 4.20. The SMILES string of the molecule is CC(NC(=O)c1cccc(O)c1)C1CCCNC1. The van der Waals surface area contributed by atoms with Gasteiger partial charge in [0.05, 0.1) is 0 Å². The van der Waals surface area contributed by atoms with E-state index in [4.69, 9.17) is 0 Å². The van der Waals surface area contributed by atoms with Crippen molar-refractivity contribution in [2.75, 3.05) is 13.1 Å². The molecule has 4 heteroatoms. The van der Waals surface area contributed by atoms with Crippen molar-refractivity contribution in [2.45, 2.75) is 25.8 Å². The molecule has 0 spiro atoms. The molecule has 2 unspecified atom stereocenters. The summed E-state index contributed by atoms with van der Waals surface area (Å²) in [5, 5.41) is 15.7. The van der Waals surface area contributed by atoms with Gasteiger partial charge < -0.3 is 15.7 Å². The molecular weight excluding hydrogens is 228 g/mol. The van der Waals surface area contributed by atoms with Crippen LogP contribution in [0.25, 0.3) is 0 Å². The van der Waals surface area contributed by atoms with Gasteiger partial charge in [0, 0.05) is 11.6 Å². The highest BCUT2D eigenvalue weighted by Gasteiger charge is 2.21. The standard InChI is InChI=1S/C14H20N2O2/c1-10(12-5-3-7-15-9-12)16-14(18)11-4-2-6-13(17)8-11/h2,4,6,8,10,12,15,17H,3,5,7,9H2,1H3,(H,16,18). The maximum atomic E-state index is 12.0. The van der Waals surface area contributed by atoms with Crippen LogP contribution in [0.3, 0.4) is 0 Å². The molecule has 1 aliphatic rings. The first kappa shape index (κ1) is 12.9. The third-order valence-corrected chi connectivity index (χ3v) is 3.51. The lowest BCUT2D eigenvalue weighted by Crippen LogP contribution is -2.44. The fourth-order valence-electron chi connectivity index (χ4n) is 2.36. The van der Waals surface area contributed by atoms with Gasteiger partial charge in [0.2, 0.25) is 0 Å². The van der Waals surface area contributed by atoms with Gasteiger partial charge in [-0.1, -0.05) is 6.07 Å². The van der Waals surface area contributed by atoms with Gasteiger partial charge in [-0.05, 0) is 57.0 Å². The van der Waals surface area contributed by atoms with E-state index in [-0.39, 0.29) is 17.7 Å². The van der Waals surface area contributed by atoms with E-state index in [9.17, 15) is 9.90 Å². The van der Waals surface area contributed by atoms with Gasteiger partial charge in [-0.15, -0.1) is 0 Å². The Morgan fingerprint density at radius 1 is 1.56 bits per heavy atom. The fraction of sp³-hybridized carbons (Fsp3) is 0.500. The van der Waals surface area contributed by atoms with E-state index in [0.29, 0.717) is 11.5 Å². The molecular formula is C14H20N2O2. The third-order valence-electron chi connectivity index (χ3n) is 3.51. The van der Waals surface area contributed by atoms with Crippen LogP contribution in [0.4, 0.5) is 0 Å². The Labute approximate surface area is 107 Å². The first-order valence-electron chi connectivity index (χ1n) is 6.47. The van der Waals surface area contributed by atoms with E-state index in [1.165, 1.54) is 6.07 Å².